The molecule has 1 aliphatic heterocycles. The first-order valence-corrected chi connectivity index (χ1v) is 7.49. The Morgan fingerprint density at radius 1 is 1.41 bits per heavy atom. The van der Waals surface area contributed by atoms with Crippen molar-refractivity contribution in [3.05, 3.63) is 29.8 Å². The van der Waals surface area contributed by atoms with Gasteiger partial charge in [0.2, 0.25) is 5.95 Å². The molecule has 6 heteroatoms. The molecule has 1 saturated heterocycles. The average molecular weight is 310 g/mol. The van der Waals surface area contributed by atoms with E-state index in [-0.39, 0.29) is 12.5 Å². The summed E-state index contributed by atoms with van der Waals surface area (Å²) in [5.41, 5.74) is -0.969. The summed E-state index contributed by atoms with van der Waals surface area (Å²) < 4.78 is 18.4. The van der Waals surface area contributed by atoms with Gasteiger partial charge in [-0.05, 0) is 45.7 Å². The minimum atomic E-state index is -0.959. The molecule has 0 unspecified atom stereocenters. The number of aliphatic hydroxyl groups is 1. The van der Waals surface area contributed by atoms with Crippen molar-refractivity contribution in [1.29, 1.82) is 0 Å². The number of halogens is 1. The van der Waals surface area contributed by atoms with Crippen molar-refractivity contribution in [1.82, 2.24) is 9.88 Å². The Bertz CT molecular complexity index is 534. The first kappa shape index (κ1) is 16.7. The summed E-state index contributed by atoms with van der Waals surface area (Å²) in [7, 11) is 0. The van der Waals surface area contributed by atoms with Crippen LogP contribution in [0.3, 0.4) is 0 Å². The fraction of sp³-hybridized carbons (Fsp3) is 0.625. The lowest BCUT2D eigenvalue weighted by Gasteiger charge is -2.38. The molecular weight excluding hydrogens is 287 g/mol. The number of aromatic nitrogens is 1. The van der Waals surface area contributed by atoms with Crippen molar-refractivity contribution in [3.8, 4) is 0 Å². The van der Waals surface area contributed by atoms with Crippen molar-refractivity contribution >= 4 is 6.09 Å². The summed E-state index contributed by atoms with van der Waals surface area (Å²) in [5.74, 6) is -0.549. The molecule has 1 aromatic rings. The average Bonchev–Trinajstić information content (AvgIpc) is 2.36. The number of carbonyl (C=O) groups excluding carboxylic acids is 1. The van der Waals surface area contributed by atoms with E-state index in [9.17, 15) is 14.3 Å². The Morgan fingerprint density at radius 2 is 2.05 bits per heavy atom. The lowest BCUT2D eigenvalue weighted by molar-refractivity contribution is -0.0320. The maximum atomic E-state index is 13.1. The van der Waals surface area contributed by atoms with Gasteiger partial charge in [-0.1, -0.05) is 6.07 Å². The Balaban J connectivity index is 1.91. The molecule has 0 aliphatic carbocycles. The maximum absolute atomic E-state index is 13.1. The summed E-state index contributed by atoms with van der Waals surface area (Å²) in [6, 6.07) is 4.55. The summed E-state index contributed by atoms with van der Waals surface area (Å²) >= 11 is 0. The molecule has 1 aromatic heterocycles. The fourth-order valence-electron chi connectivity index (χ4n) is 2.49. The van der Waals surface area contributed by atoms with Gasteiger partial charge < -0.3 is 14.7 Å². The predicted molar refractivity (Wildman–Crippen MR) is 79.9 cm³/mol. The van der Waals surface area contributed by atoms with E-state index in [0.29, 0.717) is 31.6 Å². The normalized spacial score (nSPS) is 18.1. The van der Waals surface area contributed by atoms with E-state index in [1.807, 2.05) is 20.8 Å². The molecule has 0 bridgehead atoms. The van der Waals surface area contributed by atoms with Crippen LogP contribution in [0.2, 0.25) is 0 Å². The highest BCUT2D eigenvalue weighted by Gasteiger charge is 2.35. The van der Waals surface area contributed by atoms with Crippen molar-refractivity contribution in [2.45, 2.75) is 51.2 Å². The number of piperidine rings is 1. The molecule has 0 atom stereocenters. The maximum Gasteiger partial charge on any atom is 0.410 e. The second-order valence-corrected chi connectivity index (χ2v) is 6.82. The highest BCUT2D eigenvalue weighted by Crippen LogP contribution is 2.26. The standard InChI is InChI=1S/C16H23FN2O3/c1-15(2,3)22-14(20)19-9-7-16(21,8-10-19)11-12-5-4-6-13(17)18-12/h4-6,21H,7-11H2,1-3H3. The second kappa shape index (κ2) is 6.20. The molecule has 0 saturated carbocycles. The van der Waals surface area contributed by atoms with Crippen LogP contribution in [0.25, 0.3) is 0 Å². The van der Waals surface area contributed by atoms with Crippen LogP contribution in [-0.2, 0) is 11.2 Å². The van der Waals surface area contributed by atoms with Crippen LogP contribution < -0.4 is 0 Å². The highest BCUT2D eigenvalue weighted by atomic mass is 19.1. The highest BCUT2D eigenvalue weighted by molar-refractivity contribution is 5.68. The Labute approximate surface area is 130 Å². The van der Waals surface area contributed by atoms with Crippen LogP contribution >= 0.6 is 0 Å². The zero-order valence-corrected chi connectivity index (χ0v) is 13.3. The predicted octanol–water partition coefficient (Wildman–Crippen LogP) is 2.53. The molecule has 0 aromatic carbocycles. The van der Waals surface area contributed by atoms with E-state index in [4.69, 9.17) is 4.74 Å². The molecule has 1 N–H and O–H groups in total. The van der Waals surface area contributed by atoms with Gasteiger partial charge in [-0.2, -0.15) is 4.39 Å². The molecule has 22 heavy (non-hydrogen) atoms. The third-order valence-electron chi connectivity index (χ3n) is 3.63. The van der Waals surface area contributed by atoms with Crippen LogP contribution in [0.1, 0.15) is 39.3 Å². The first-order chi connectivity index (χ1) is 10.2. The molecule has 1 aliphatic rings. The fourth-order valence-corrected chi connectivity index (χ4v) is 2.49. The number of ether oxygens (including phenoxy) is 1. The van der Waals surface area contributed by atoms with Crippen LogP contribution in [0, 0.1) is 5.95 Å². The minimum absolute atomic E-state index is 0.285. The molecule has 1 amide bonds. The number of rotatable bonds is 2. The molecule has 0 spiro atoms. The van der Waals surface area contributed by atoms with Gasteiger partial charge in [0.05, 0.1) is 5.60 Å². The molecule has 5 nitrogen and oxygen atoms in total. The van der Waals surface area contributed by atoms with Gasteiger partial charge in [0.15, 0.2) is 0 Å². The summed E-state index contributed by atoms with van der Waals surface area (Å²) in [4.78, 5) is 17.4. The number of likely N-dealkylation sites (tertiary alicyclic amines) is 1. The topological polar surface area (TPSA) is 62.7 Å². The van der Waals surface area contributed by atoms with Gasteiger partial charge in [0, 0.05) is 25.2 Å². The number of hydrogen-bond acceptors (Lipinski definition) is 4. The van der Waals surface area contributed by atoms with Crippen LogP contribution in [0.4, 0.5) is 9.18 Å². The number of carbonyl (C=O) groups is 1. The largest absolute Gasteiger partial charge is 0.444 e. The summed E-state index contributed by atoms with van der Waals surface area (Å²) in [5, 5.41) is 10.6. The molecule has 1 fully saturated rings. The Kier molecular flexibility index (Phi) is 4.70. The van der Waals surface area contributed by atoms with Crippen molar-refractivity contribution in [2.75, 3.05) is 13.1 Å². The van der Waals surface area contributed by atoms with Gasteiger partial charge in [-0.3, -0.25) is 0 Å². The van der Waals surface area contributed by atoms with Crippen molar-refractivity contribution in [2.24, 2.45) is 0 Å². The number of nitrogens with zero attached hydrogens (tertiary/aromatic N) is 2. The Morgan fingerprint density at radius 3 is 2.59 bits per heavy atom. The van der Waals surface area contributed by atoms with Gasteiger partial charge in [-0.15, -0.1) is 0 Å². The van der Waals surface area contributed by atoms with Crippen molar-refractivity contribution < 1.29 is 19.0 Å². The molecule has 2 rings (SSSR count). The third-order valence-corrected chi connectivity index (χ3v) is 3.63. The van der Waals surface area contributed by atoms with Crippen LogP contribution in [0.5, 0.6) is 0 Å². The first-order valence-electron chi connectivity index (χ1n) is 7.49. The van der Waals surface area contributed by atoms with Gasteiger partial charge in [-0.25, -0.2) is 9.78 Å². The van der Waals surface area contributed by atoms with Gasteiger partial charge in [0.25, 0.3) is 0 Å². The van der Waals surface area contributed by atoms with E-state index in [1.165, 1.54) is 6.07 Å². The number of pyridine rings is 1. The zero-order chi connectivity index (χ0) is 16.4. The van der Waals surface area contributed by atoms with Crippen molar-refractivity contribution in [3.63, 3.8) is 0 Å². The quantitative estimate of drug-likeness (QED) is 0.853. The molecule has 0 radical (unpaired) electrons. The van der Waals surface area contributed by atoms with E-state index < -0.39 is 17.1 Å². The smallest absolute Gasteiger partial charge is 0.410 e. The lowest BCUT2D eigenvalue weighted by atomic mass is 9.87. The number of hydrogen-bond donors (Lipinski definition) is 1. The van der Waals surface area contributed by atoms with E-state index in [1.54, 1.807) is 17.0 Å². The molecular formula is C16H23FN2O3. The Hall–Kier alpha value is -1.69. The zero-order valence-electron chi connectivity index (χ0n) is 13.3. The monoisotopic (exact) mass is 310 g/mol. The lowest BCUT2D eigenvalue weighted by Crippen LogP contribution is -2.49. The number of amides is 1. The summed E-state index contributed by atoms with van der Waals surface area (Å²) in [6.45, 7) is 6.30. The van der Waals surface area contributed by atoms with E-state index in [0.717, 1.165) is 0 Å². The van der Waals surface area contributed by atoms with Gasteiger partial charge >= 0.3 is 6.09 Å². The molecule has 2 heterocycles. The van der Waals surface area contributed by atoms with E-state index >= 15 is 0 Å². The van der Waals surface area contributed by atoms with Crippen LogP contribution in [-0.4, -0.2) is 45.4 Å². The molecule has 122 valence electrons. The summed E-state index contributed by atoms with van der Waals surface area (Å²) in [6.07, 6.45) is 0.764. The second-order valence-electron chi connectivity index (χ2n) is 6.82. The SMILES string of the molecule is CC(C)(C)OC(=O)N1CCC(O)(Cc2cccc(F)n2)CC1. The van der Waals surface area contributed by atoms with E-state index in [2.05, 4.69) is 4.98 Å². The van der Waals surface area contributed by atoms with Crippen LogP contribution in [0.15, 0.2) is 18.2 Å². The third kappa shape index (κ3) is 4.66. The van der Waals surface area contributed by atoms with Gasteiger partial charge in [0.1, 0.15) is 5.60 Å². The minimum Gasteiger partial charge on any atom is -0.444 e.